The monoisotopic (exact) mass is 291 g/mol. The zero-order chi connectivity index (χ0) is 14.7. The zero-order valence-electron chi connectivity index (χ0n) is 10.1. The van der Waals surface area contributed by atoms with Crippen LogP contribution in [-0.4, -0.2) is 5.78 Å². The molecule has 0 bridgehead atoms. The van der Waals surface area contributed by atoms with E-state index in [1.165, 1.54) is 30.3 Å². The van der Waals surface area contributed by atoms with E-state index in [0.717, 1.165) is 12.1 Å². The lowest BCUT2D eigenvalue weighted by Crippen LogP contribution is -2.13. The molecule has 0 heterocycles. The van der Waals surface area contributed by atoms with Gasteiger partial charge in [0.15, 0.2) is 5.78 Å². The molecule has 0 N–H and O–H groups in total. The number of halogens is 3. The van der Waals surface area contributed by atoms with Crippen molar-refractivity contribution in [1.82, 2.24) is 0 Å². The molecule has 5 heteroatoms. The van der Waals surface area contributed by atoms with Crippen LogP contribution in [0, 0.1) is 23.0 Å². The van der Waals surface area contributed by atoms with Gasteiger partial charge in [-0.05, 0) is 24.3 Å². The predicted molar refractivity (Wildman–Crippen MR) is 70.5 cm³/mol. The largest absolute Gasteiger partial charge is 0.292 e. The van der Waals surface area contributed by atoms with E-state index in [4.69, 9.17) is 16.9 Å². The molecule has 100 valence electrons. The van der Waals surface area contributed by atoms with Gasteiger partial charge in [0.2, 0.25) is 0 Å². The van der Waals surface area contributed by atoms with Crippen LogP contribution in [0.15, 0.2) is 42.5 Å². The van der Waals surface area contributed by atoms with Crippen LogP contribution in [-0.2, 0) is 0 Å². The number of nitriles is 1. The molecule has 20 heavy (non-hydrogen) atoms. The first-order chi connectivity index (χ1) is 9.54. The molecule has 0 aliphatic rings. The van der Waals surface area contributed by atoms with Crippen LogP contribution in [0.1, 0.15) is 21.8 Å². The van der Waals surface area contributed by atoms with Gasteiger partial charge in [-0.3, -0.25) is 4.79 Å². The maximum absolute atomic E-state index is 13.8. The van der Waals surface area contributed by atoms with Crippen molar-refractivity contribution in [2.75, 3.05) is 0 Å². The highest BCUT2D eigenvalue weighted by molar-refractivity contribution is 6.31. The van der Waals surface area contributed by atoms with Crippen LogP contribution in [0.4, 0.5) is 8.78 Å². The van der Waals surface area contributed by atoms with E-state index in [1.807, 2.05) is 0 Å². The van der Waals surface area contributed by atoms with Gasteiger partial charge >= 0.3 is 0 Å². The molecule has 2 aromatic rings. The first-order valence-electron chi connectivity index (χ1n) is 5.68. The van der Waals surface area contributed by atoms with Gasteiger partial charge in [-0.25, -0.2) is 8.78 Å². The summed E-state index contributed by atoms with van der Waals surface area (Å²) in [5.41, 5.74) is -0.193. The third-order valence-corrected chi connectivity index (χ3v) is 3.12. The molecule has 2 aromatic carbocycles. The molecule has 2 nitrogen and oxygen atoms in total. The van der Waals surface area contributed by atoms with Crippen molar-refractivity contribution in [2.45, 2.75) is 5.92 Å². The first kappa shape index (κ1) is 14.2. The molecule has 0 fully saturated rings. The Morgan fingerprint density at radius 3 is 2.50 bits per heavy atom. The van der Waals surface area contributed by atoms with Crippen molar-refractivity contribution in [3.8, 4) is 6.07 Å². The molecule has 0 aliphatic heterocycles. The van der Waals surface area contributed by atoms with Crippen LogP contribution in [0.5, 0.6) is 0 Å². The molecule has 0 saturated heterocycles. The van der Waals surface area contributed by atoms with Crippen molar-refractivity contribution >= 4 is 17.4 Å². The Kier molecular flexibility index (Phi) is 4.11. The second-order valence-corrected chi connectivity index (χ2v) is 4.48. The number of carbonyl (C=O) groups excluding carboxylic acids is 1. The lowest BCUT2D eigenvalue weighted by atomic mass is 9.91. The number of Topliss-reactive ketones (excluding diaryl/α,β-unsaturated/α-hetero) is 1. The van der Waals surface area contributed by atoms with Crippen molar-refractivity contribution in [3.05, 3.63) is 70.2 Å². The summed E-state index contributed by atoms with van der Waals surface area (Å²) in [5.74, 6) is -3.45. The highest BCUT2D eigenvalue weighted by Crippen LogP contribution is 2.29. The van der Waals surface area contributed by atoms with Gasteiger partial charge in [0.1, 0.15) is 17.6 Å². The fraction of sp³-hybridized carbons (Fsp3) is 0.0667. The summed E-state index contributed by atoms with van der Waals surface area (Å²) in [6.45, 7) is 0. The van der Waals surface area contributed by atoms with Gasteiger partial charge in [-0.15, -0.1) is 0 Å². The minimum absolute atomic E-state index is 0.00382. The summed E-state index contributed by atoms with van der Waals surface area (Å²) in [4.78, 5) is 12.2. The minimum atomic E-state index is -1.41. The first-order valence-corrected chi connectivity index (χ1v) is 6.05. The molecule has 0 aliphatic carbocycles. The van der Waals surface area contributed by atoms with Crippen molar-refractivity contribution < 1.29 is 13.6 Å². The second kappa shape index (κ2) is 5.81. The average Bonchev–Trinajstić information content (AvgIpc) is 2.42. The summed E-state index contributed by atoms with van der Waals surface area (Å²) >= 11 is 5.85. The lowest BCUT2D eigenvalue weighted by Gasteiger charge is -2.11. The quantitative estimate of drug-likeness (QED) is 0.799. The van der Waals surface area contributed by atoms with Crippen molar-refractivity contribution in [3.63, 3.8) is 0 Å². The van der Waals surface area contributed by atoms with Crippen LogP contribution in [0.25, 0.3) is 0 Å². The molecule has 1 unspecified atom stereocenters. The van der Waals surface area contributed by atoms with E-state index in [1.54, 1.807) is 6.07 Å². The summed E-state index contributed by atoms with van der Waals surface area (Å²) in [6.07, 6.45) is 0. The van der Waals surface area contributed by atoms with Gasteiger partial charge in [-0.2, -0.15) is 5.26 Å². The maximum atomic E-state index is 13.8. The van der Waals surface area contributed by atoms with Crippen LogP contribution in [0.3, 0.4) is 0 Å². The maximum Gasteiger partial charge on any atom is 0.184 e. The molecule has 0 aromatic heterocycles. The Hall–Kier alpha value is -2.25. The van der Waals surface area contributed by atoms with Crippen LogP contribution >= 0.6 is 11.6 Å². The highest BCUT2D eigenvalue weighted by atomic mass is 35.5. The van der Waals surface area contributed by atoms with E-state index < -0.39 is 23.3 Å². The fourth-order valence-corrected chi connectivity index (χ4v) is 2.12. The molecule has 0 radical (unpaired) electrons. The Labute approximate surface area is 119 Å². The Morgan fingerprint density at radius 2 is 1.90 bits per heavy atom. The normalized spacial score (nSPS) is 11.7. The number of hydrogen-bond donors (Lipinski definition) is 0. The Morgan fingerprint density at radius 1 is 1.20 bits per heavy atom. The topological polar surface area (TPSA) is 40.9 Å². The Bertz CT molecular complexity index is 689. The van der Waals surface area contributed by atoms with E-state index >= 15 is 0 Å². The smallest absolute Gasteiger partial charge is 0.184 e. The Balaban J connectivity index is 2.49. The summed E-state index contributed by atoms with van der Waals surface area (Å²) in [6, 6.07) is 10.5. The van der Waals surface area contributed by atoms with Gasteiger partial charge in [0, 0.05) is 16.1 Å². The number of benzene rings is 2. The third kappa shape index (κ3) is 2.68. The van der Waals surface area contributed by atoms with Crippen LogP contribution in [0.2, 0.25) is 5.02 Å². The molecule has 0 amide bonds. The van der Waals surface area contributed by atoms with E-state index in [-0.39, 0.29) is 16.1 Å². The minimum Gasteiger partial charge on any atom is -0.292 e. The number of rotatable bonds is 3. The van der Waals surface area contributed by atoms with Gasteiger partial charge < -0.3 is 0 Å². The van der Waals surface area contributed by atoms with Crippen molar-refractivity contribution in [1.29, 1.82) is 5.26 Å². The molecular formula is C15H8ClF2NO. The summed E-state index contributed by atoms with van der Waals surface area (Å²) in [5, 5.41) is 9.13. The lowest BCUT2D eigenvalue weighted by molar-refractivity contribution is 0.0977. The van der Waals surface area contributed by atoms with Gasteiger partial charge in [0.05, 0.1) is 6.07 Å². The van der Waals surface area contributed by atoms with Gasteiger partial charge in [0.25, 0.3) is 0 Å². The SMILES string of the molecule is N#CC(C(=O)c1cccc(F)c1)c1c(F)cccc1Cl. The predicted octanol–water partition coefficient (Wildman–Crippen LogP) is 4.11. The summed E-state index contributed by atoms with van der Waals surface area (Å²) < 4.78 is 26.9. The average molecular weight is 292 g/mol. The number of nitrogens with zero attached hydrogens (tertiary/aromatic N) is 1. The number of hydrogen-bond acceptors (Lipinski definition) is 2. The van der Waals surface area contributed by atoms with E-state index in [0.29, 0.717) is 0 Å². The molecule has 0 saturated carbocycles. The molecular weight excluding hydrogens is 284 g/mol. The standard InChI is InChI=1S/C15H8ClF2NO/c16-12-5-2-6-13(18)14(12)11(8-19)15(20)9-3-1-4-10(17)7-9/h1-7,11H. The number of ketones is 1. The molecule has 0 spiro atoms. The fourth-order valence-electron chi connectivity index (χ4n) is 1.85. The molecule has 1 atom stereocenters. The van der Waals surface area contributed by atoms with Crippen molar-refractivity contribution in [2.24, 2.45) is 0 Å². The molecule has 2 rings (SSSR count). The summed E-state index contributed by atoms with van der Waals surface area (Å²) in [7, 11) is 0. The second-order valence-electron chi connectivity index (χ2n) is 4.07. The highest BCUT2D eigenvalue weighted by Gasteiger charge is 2.27. The third-order valence-electron chi connectivity index (χ3n) is 2.79. The van der Waals surface area contributed by atoms with E-state index in [9.17, 15) is 13.6 Å². The zero-order valence-corrected chi connectivity index (χ0v) is 10.9. The number of carbonyl (C=O) groups is 1. The van der Waals surface area contributed by atoms with Crippen LogP contribution < -0.4 is 0 Å². The van der Waals surface area contributed by atoms with E-state index in [2.05, 4.69) is 0 Å². The van der Waals surface area contributed by atoms with Gasteiger partial charge in [-0.1, -0.05) is 29.8 Å².